The van der Waals surface area contributed by atoms with Gasteiger partial charge in [-0.2, -0.15) is 5.10 Å². The highest BCUT2D eigenvalue weighted by Gasteiger charge is 2.19. The van der Waals surface area contributed by atoms with Crippen LogP contribution in [0.3, 0.4) is 0 Å². The van der Waals surface area contributed by atoms with Gasteiger partial charge in [0.2, 0.25) is 0 Å². The lowest BCUT2D eigenvalue weighted by atomic mass is 10.1. The lowest BCUT2D eigenvalue weighted by Crippen LogP contribution is -2.23. The van der Waals surface area contributed by atoms with Crippen LogP contribution in [0.15, 0.2) is 16.5 Å². The molecule has 0 atom stereocenters. The average molecular weight is 203 g/mol. The number of H-pyrrole nitrogens is 1. The van der Waals surface area contributed by atoms with Crippen LogP contribution in [0.4, 0.5) is 0 Å². The minimum atomic E-state index is 0.855. The molecule has 0 radical (unpaired) electrons. The minimum absolute atomic E-state index is 0.855. The molecule has 0 saturated carbocycles. The average Bonchev–Trinajstić information content (AvgIpc) is 2.83. The van der Waals surface area contributed by atoms with Gasteiger partial charge in [-0.15, -0.1) is 0 Å². The second-order valence-corrected chi connectivity index (χ2v) is 3.87. The number of aryl methyl sites for hydroxylation is 1. The lowest BCUT2D eigenvalue weighted by Gasteiger charge is -2.12. The summed E-state index contributed by atoms with van der Waals surface area (Å²) >= 11 is 0. The van der Waals surface area contributed by atoms with E-state index in [0.717, 1.165) is 36.7 Å². The van der Waals surface area contributed by atoms with Crippen LogP contribution in [-0.4, -0.2) is 16.7 Å². The minimum Gasteiger partial charge on any atom is -0.460 e. The maximum absolute atomic E-state index is 5.58. The molecule has 0 aliphatic carbocycles. The highest BCUT2D eigenvalue weighted by atomic mass is 16.3. The topological polar surface area (TPSA) is 53.9 Å². The molecule has 15 heavy (non-hydrogen) atoms. The number of rotatable bonds is 1. The number of hydrogen-bond donors (Lipinski definition) is 2. The van der Waals surface area contributed by atoms with Gasteiger partial charge >= 0.3 is 0 Å². The Hall–Kier alpha value is -1.55. The Bertz CT molecular complexity index is 484. The molecule has 3 heterocycles. The molecule has 1 aliphatic heterocycles. The molecule has 4 heteroatoms. The van der Waals surface area contributed by atoms with Gasteiger partial charge < -0.3 is 9.73 Å². The van der Waals surface area contributed by atoms with Crippen LogP contribution in [0.2, 0.25) is 0 Å². The van der Waals surface area contributed by atoms with Gasteiger partial charge in [0.25, 0.3) is 0 Å². The van der Waals surface area contributed by atoms with E-state index in [1.165, 1.54) is 11.3 Å². The fourth-order valence-corrected chi connectivity index (χ4v) is 1.99. The van der Waals surface area contributed by atoms with Gasteiger partial charge in [-0.05, 0) is 19.1 Å². The van der Waals surface area contributed by atoms with Crippen LogP contribution in [0, 0.1) is 6.92 Å². The van der Waals surface area contributed by atoms with Crippen LogP contribution in [0.25, 0.3) is 11.5 Å². The first-order valence-corrected chi connectivity index (χ1v) is 5.18. The van der Waals surface area contributed by atoms with Crippen molar-refractivity contribution >= 4 is 0 Å². The van der Waals surface area contributed by atoms with Crippen LogP contribution in [0.1, 0.15) is 17.0 Å². The molecule has 78 valence electrons. The third-order valence-corrected chi connectivity index (χ3v) is 2.78. The predicted molar refractivity (Wildman–Crippen MR) is 56.4 cm³/mol. The van der Waals surface area contributed by atoms with Gasteiger partial charge in [-0.3, -0.25) is 5.10 Å². The van der Waals surface area contributed by atoms with Crippen molar-refractivity contribution in [2.24, 2.45) is 0 Å². The van der Waals surface area contributed by atoms with Crippen molar-refractivity contribution in [1.82, 2.24) is 15.5 Å². The molecule has 1 aliphatic rings. The standard InChI is InChI=1S/C11H13N3O/c1-7-2-3-10(15-7)11-8-6-12-5-4-9(8)13-14-11/h2-3,12H,4-6H2,1H3,(H,13,14). The van der Waals surface area contributed by atoms with Gasteiger partial charge in [-0.1, -0.05) is 0 Å². The molecule has 2 aromatic rings. The molecule has 0 spiro atoms. The monoisotopic (exact) mass is 203 g/mol. The Morgan fingerprint density at radius 3 is 3.13 bits per heavy atom. The normalized spacial score (nSPS) is 15.3. The predicted octanol–water partition coefficient (Wildman–Crippen LogP) is 1.62. The highest BCUT2D eigenvalue weighted by Crippen LogP contribution is 2.26. The van der Waals surface area contributed by atoms with Gasteiger partial charge in [0.05, 0.1) is 0 Å². The molecular weight excluding hydrogens is 190 g/mol. The van der Waals surface area contributed by atoms with Gasteiger partial charge in [0.15, 0.2) is 5.76 Å². The maximum Gasteiger partial charge on any atom is 0.154 e. The van der Waals surface area contributed by atoms with Crippen molar-refractivity contribution in [3.05, 3.63) is 29.2 Å². The molecule has 2 aromatic heterocycles. The van der Waals surface area contributed by atoms with E-state index in [0.29, 0.717) is 0 Å². The summed E-state index contributed by atoms with van der Waals surface area (Å²) < 4.78 is 5.58. The van der Waals surface area contributed by atoms with E-state index in [1.54, 1.807) is 0 Å². The van der Waals surface area contributed by atoms with E-state index in [2.05, 4.69) is 15.5 Å². The summed E-state index contributed by atoms with van der Waals surface area (Å²) in [6.07, 6.45) is 1.02. The lowest BCUT2D eigenvalue weighted by molar-refractivity contribution is 0.544. The summed E-state index contributed by atoms with van der Waals surface area (Å²) in [6, 6.07) is 3.94. The first-order chi connectivity index (χ1) is 7.34. The molecule has 4 nitrogen and oxygen atoms in total. The van der Waals surface area contributed by atoms with Gasteiger partial charge in [0, 0.05) is 30.8 Å². The van der Waals surface area contributed by atoms with E-state index >= 15 is 0 Å². The second-order valence-electron chi connectivity index (χ2n) is 3.87. The second kappa shape index (κ2) is 3.24. The first kappa shape index (κ1) is 8.73. The fourth-order valence-electron chi connectivity index (χ4n) is 1.99. The Kier molecular flexibility index (Phi) is 1.89. The molecule has 0 bridgehead atoms. The fraction of sp³-hybridized carbons (Fsp3) is 0.364. The Balaban J connectivity index is 2.08. The molecule has 0 fully saturated rings. The van der Waals surface area contributed by atoms with E-state index < -0.39 is 0 Å². The SMILES string of the molecule is Cc1ccc(-c2n[nH]c3c2CNCC3)o1. The third kappa shape index (κ3) is 1.37. The van der Waals surface area contributed by atoms with Crippen molar-refractivity contribution in [3.8, 4) is 11.5 Å². The van der Waals surface area contributed by atoms with Crippen molar-refractivity contribution in [3.63, 3.8) is 0 Å². The first-order valence-electron chi connectivity index (χ1n) is 5.18. The van der Waals surface area contributed by atoms with Gasteiger partial charge in [0.1, 0.15) is 11.5 Å². The smallest absolute Gasteiger partial charge is 0.154 e. The molecule has 0 unspecified atom stereocenters. The van der Waals surface area contributed by atoms with E-state index in [9.17, 15) is 0 Å². The van der Waals surface area contributed by atoms with Crippen molar-refractivity contribution in [1.29, 1.82) is 0 Å². The summed E-state index contributed by atoms with van der Waals surface area (Å²) in [6.45, 7) is 3.84. The number of aromatic nitrogens is 2. The number of nitrogens with zero attached hydrogens (tertiary/aromatic N) is 1. The van der Waals surface area contributed by atoms with Crippen LogP contribution < -0.4 is 5.32 Å². The molecule has 3 rings (SSSR count). The van der Waals surface area contributed by atoms with E-state index in [-0.39, 0.29) is 0 Å². The zero-order valence-corrected chi connectivity index (χ0v) is 8.63. The molecule has 0 amide bonds. The summed E-state index contributed by atoms with van der Waals surface area (Å²) in [4.78, 5) is 0. The Morgan fingerprint density at radius 2 is 2.33 bits per heavy atom. The van der Waals surface area contributed by atoms with Crippen LogP contribution in [0.5, 0.6) is 0 Å². The van der Waals surface area contributed by atoms with Crippen molar-refractivity contribution in [2.75, 3.05) is 6.54 Å². The molecule has 0 saturated heterocycles. The Morgan fingerprint density at radius 1 is 1.40 bits per heavy atom. The van der Waals surface area contributed by atoms with Crippen LogP contribution >= 0.6 is 0 Å². The molecule has 2 N–H and O–H groups in total. The zero-order chi connectivity index (χ0) is 10.3. The maximum atomic E-state index is 5.58. The number of fused-ring (bicyclic) bond motifs is 1. The number of furan rings is 1. The zero-order valence-electron chi connectivity index (χ0n) is 8.63. The third-order valence-electron chi connectivity index (χ3n) is 2.78. The summed E-state index contributed by atoms with van der Waals surface area (Å²) in [5.41, 5.74) is 3.43. The Labute approximate surface area is 87.7 Å². The van der Waals surface area contributed by atoms with Crippen molar-refractivity contribution < 1.29 is 4.42 Å². The summed E-state index contributed by atoms with van der Waals surface area (Å²) in [5.74, 6) is 1.78. The highest BCUT2D eigenvalue weighted by molar-refractivity contribution is 5.59. The van der Waals surface area contributed by atoms with Crippen LogP contribution in [-0.2, 0) is 13.0 Å². The number of nitrogens with one attached hydrogen (secondary N) is 2. The quantitative estimate of drug-likeness (QED) is 0.740. The van der Waals surface area contributed by atoms with Gasteiger partial charge in [-0.25, -0.2) is 0 Å². The summed E-state index contributed by atoms with van der Waals surface area (Å²) in [5, 5.41) is 10.7. The molecular formula is C11H13N3O. The van der Waals surface area contributed by atoms with Crippen molar-refractivity contribution in [2.45, 2.75) is 19.9 Å². The number of aromatic amines is 1. The largest absolute Gasteiger partial charge is 0.460 e. The molecule has 0 aromatic carbocycles. The van der Waals surface area contributed by atoms with E-state index in [1.807, 2.05) is 19.1 Å². The summed E-state index contributed by atoms with van der Waals surface area (Å²) in [7, 11) is 0. The van der Waals surface area contributed by atoms with E-state index in [4.69, 9.17) is 4.42 Å². The number of hydrogen-bond acceptors (Lipinski definition) is 3.